The molecule has 0 saturated heterocycles. The van der Waals surface area contributed by atoms with E-state index in [1.54, 1.807) is 11.8 Å². The Morgan fingerprint density at radius 2 is 2.00 bits per heavy atom. The van der Waals surface area contributed by atoms with Crippen molar-refractivity contribution in [1.29, 1.82) is 0 Å². The van der Waals surface area contributed by atoms with E-state index in [2.05, 4.69) is 17.9 Å². The van der Waals surface area contributed by atoms with E-state index in [0.717, 1.165) is 37.9 Å². The maximum atomic E-state index is 11.1. The lowest BCUT2D eigenvalue weighted by atomic mass is 10.0. The second-order valence-electron chi connectivity index (χ2n) is 5.42. The maximum absolute atomic E-state index is 11.1. The summed E-state index contributed by atoms with van der Waals surface area (Å²) in [6, 6.07) is 10.0. The third-order valence-corrected chi connectivity index (χ3v) is 5.29. The minimum absolute atomic E-state index is 0.0313. The van der Waals surface area contributed by atoms with Gasteiger partial charge >= 0.3 is 5.97 Å². The van der Waals surface area contributed by atoms with Crippen LogP contribution in [0.4, 0.5) is 11.4 Å². The van der Waals surface area contributed by atoms with Gasteiger partial charge in [-0.2, -0.15) is 0 Å². The Hall–Kier alpha value is -1.98. The Morgan fingerprint density at radius 1 is 1.23 bits per heavy atom. The predicted molar refractivity (Wildman–Crippen MR) is 89.0 cm³/mol. The van der Waals surface area contributed by atoms with Gasteiger partial charge in [-0.25, -0.2) is 0 Å². The molecule has 0 unspecified atom stereocenters. The highest BCUT2D eigenvalue weighted by Crippen LogP contribution is 2.51. The molecule has 0 amide bonds. The molecule has 0 saturated carbocycles. The van der Waals surface area contributed by atoms with Crippen LogP contribution in [-0.4, -0.2) is 18.1 Å². The fourth-order valence-electron chi connectivity index (χ4n) is 2.88. The van der Waals surface area contributed by atoms with Gasteiger partial charge in [0.05, 0.1) is 17.8 Å². The molecule has 4 nitrogen and oxygen atoms in total. The van der Waals surface area contributed by atoms with Crippen molar-refractivity contribution in [2.45, 2.75) is 29.7 Å². The molecule has 1 heterocycles. The van der Waals surface area contributed by atoms with Gasteiger partial charge in [-0.1, -0.05) is 36.0 Å². The molecule has 3 N–H and O–H groups in total. The Labute approximate surface area is 133 Å². The molecular formula is C17H18N2O2S. The highest BCUT2D eigenvalue weighted by Gasteiger charge is 2.26. The van der Waals surface area contributed by atoms with Crippen LogP contribution in [0.25, 0.3) is 0 Å². The van der Waals surface area contributed by atoms with Gasteiger partial charge in [0.15, 0.2) is 0 Å². The van der Waals surface area contributed by atoms with E-state index in [4.69, 9.17) is 10.8 Å². The molecule has 0 spiro atoms. The smallest absolute Gasteiger partial charge is 0.307 e. The minimum atomic E-state index is -0.813. The molecule has 114 valence electrons. The van der Waals surface area contributed by atoms with E-state index in [9.17, 15) is 4.79 Å². The lowest BCUT2D eigenvalue weighted by molar-refractivity contribution is -0.136. The Bertz CT molecular complexity index is 759. The van der Waals surface area contributed by atoms with Gasteiger partial charge in [-0.3, -0.25) is 4.79 Å². The van der Waals surface area contributed by atoms with Gasteiger partial charge in [-0.15, -0.1) is 0 Å². The van der Waals surface area contributed by atoms with Crippen molar-refractivity contribution in [2.75, 3.05) is 11.9 Å². The van der Waals surface area contributed by atoms with Gasteiger partial charge in [-0.05, 0) is 29.7 Å². The molecule has 0 bridgehead atoms. The lowest BCUT2D eigenvalue weighted by Crippen LogP contribution is -2.19. The fraction of sp³-hybridized carbons (Fsp3) is 0.235. The van der Waals surface area contributed by atoms with Gasteiger partial charge in [0, 0.05) is 23.4 Å². The molecular weight excluding hydrogens is 296 g/mol. The van der Waals surface area contributed by atoms with Crippen molar-refractivity contribution in [1.82, 2.24) is 0 Å². The number of carbonyl (C=O) groups is 1. The Kier molecular flexibility index (Phi) is 3.85. The highest BCUT2D eigenvalue weighted by atomic mass is 32.2. The average molecular weight is 314 g/mol. The van der Waals surface area contributed by atoms with Crippen molar-refractivity contribution in [2.24, 2.45) is 5.73 Å². The van der Waals surface area contributed by atoms with E-state index in [-0.39, 0.29) is 6.42 Å². The van der Waals surface area contributed by atoms with Gasteiger partial charge < -0.3 is 15.7 Å². The van der Waals surface area contributed by atoms with Crippen LogP contribution in [0.1, 0.15) is 16.7 Å². The molecule has 5 heteroatoms. The fourth-order valence-corrected chi connectivity index (χ4v) is 4.34. The molecule has 0 atom stereocenters. The number of carboxylic acid groups (broad SMARTS) is 1. The summed E-state index contributed by atoms with van der Waals surface area (Å²) in [5, 5.41) is 9.16. The minimum Gasteiger partial charge on any atom is -0.481 e. The van der Waals surface area contributed by atoms with Crippen LogP contribution < -0.4 is 10.6 Å². The van der Waals surface area contributed by atoms with Crippen LogP contribution in [0.5, 0.6) is 0 Å². The van der Waals surface area contributed by atoms with Crippen molar-refractivity contribution in [3.8, 4) is 0 Å². The summed E-state index contributed by atoms with van der Waals surface area (Å²) in [7, 11) is 2.02. The van der Waals surface area contributed by atoms with E-state index in [1.807, 2.05) is 31.3 Å². The van der Waals surface area contributed by atoms with Gasteiger partial charge in [0.25, 0.3) is 0 Å². The summed E-state index contributed by atoms with van der Waals surface area (Å²) in [5.41, 5.74) is 11.1. The quantitative estimate of drug-likeness (QED) is 0.910. The molecule has 1 aliphatic rings. The number of anilines is 2. The molecule has 0 aromatic heterocycles. The van der Waals surface area contributed by atoms with Gasteiger partial charge in [0.1, 0.15) is 0 Å². The standard InChI is InChI=1S/C17H18N2O2S/c1-10-6-7-11(8-14(20)21)17-15(10)19(2)13-5-3-4-12(9-18)16(13)22-17/h3-7H,8-9,18H2,1-2H3,(H,20,21). The number of benzene rings is 2. The summed E-state index contributed by atoms with van der Waals surface area (Å²) < 4.78 is 0. The van der Waals surface area contributed by atoms with E-state index in [0.29, 0.717) is 6.54 Å². The highest BCUT2D eigenvalue weighted by molar-refractivity contribution is 7.99. The van der Waals surface area contributed by atoms with Crippen LogP contribution in [-0.2, 0) is 17.8 Å². The van der Waals surface area contributed by atoms with Crippen molar-refractivity contribution in [3.05, 3.63) is 47.0 Å². The first kappa shape index (κ1) is 14.9. The third kappa shape index (κ3) is 2.36. The summed E-state index contributed by atoms with van der Waals surface area (Å²) in [4.78, 5) is 15.4. The average Bonchev–Trinajstić information content (AvgIpc) is 2.49. The molecule has 2 aromatic rings. The van der Waals surface area contributed by atoms with Crippen molar-refractivity contribution >= 4 is 29.1 Å². The van der Waals surface area contributed by atoms with E-state index < -0.39 is 5.97 Å². The Morgan fingerprint density at radius 3 is 2.68 bits per heavy atom. The summed E-state index contributed by atoms with van der Waals surface area (Å²) in [6.45, 7) is 2.53. The number of aryl methyl sites for hydroxylation is 1. The van der Waals surface area contributed by atoms with E-state index in [1.165, 1.54) is 0 Å². The summed E-state index contributed by atoms with van der Waals surface area (Å²) in [5.74, 6) is -0.813. The molecule has 0 aliphatic carbocycles. The number of fused-ring (bicyclic) bond motifs is 2. The molecule has 2 aromatic carbocycles. The number of carboxylic acids is 1. The van der Waals surface area contributed by atoms with Crippen molar-refractivity contribution < 1.29 is 9.90 Å². The van der Waals surface area contributed by atoms with Crippen LogP contribution in [0.15, 0.2) is 40.1 Å². The van der Waals surface area contributed by atoms with E-state index >= 15 is 0 Å². The monoisotopic (exact) mass is 314 g/mol. The molecule has 22 heavy (non-hydrogen) atoms. The molecule has 3 rings (SSSR count). The normalized spacial score (nSPS) is 12.8. The third-order valence-electron chi connectivity index (χ3n) is 3.95. The zero-order chi connectivity index (χ0) is 15.9. The maximum Gasteiger partial charge on any atom is 0.307 e. The Balaban J connectivity index is 2.20. The topological polar surface area (TPSA) is 66.6 Å². The summed E-state index contributed by atoms with van der Waals surface area (Å²) >= 11 is 1.64. The second kappa shape index (κ2) is 5.66. The van der Waals surface area contributed by atoms with Crippen LogP contribution in [0.3, 0.4) is 0 Å². The number of rotatable bonds is 3. The SMILES string of the molecule is Cc1ccc(CC(=O)O)c2c1N(C)c1cccc(CN)c1S2. The van der Waals surface area contributed by atoms with Gasteiger partial charge in [0.2, 0.25) is 0 Å². The number of nitrogens with zero attached hydrogens (tertiary/aromatic N) is 1. The van der Waals surface area contributed by atoms with Crippen LogP contribution >= 0.6 is 11.8 Å². The lowest BCUT2D eigenvalue weighted by Gasteiger charge is -2.33. The number of nitrogens with two attached hydrogens (primary N) is 1. The first-order valence-corrected chi connectivity index (χ1v) is 7.92. The number of hydrogen-bond acceptors (Lipinski definition) is 4. The van der Waals surface area contributed by atoms with Crippen LogP contribution in [0.2, 0.25) is 0 Å². The largest absolute Gasteiger partial charge is 0.481 e. The molecule has 1 aliphatic heterocycles. The molecule has 0 fully saturated rings. The second-order valence-corrected chi connectivity index (χ2v) is 6.44. The first-order valence-electron chi connectivity index (χ1n) is 7.10. The predicted octanol–water partition coefficient (Wildman–Crippen LogP) is 3.31. The summed E-state index contributed by atoms with van der Waals surface area (Å²) in [6.07, 6.45) is 0.0313. The van der Waals surface area contributed by atoms with Crippen LogP contribution in [0, 0.1) is 6.92 Å². The number of aliphatic carboxylic acids is 1. The number of hydrogen-bond donors (Lipinski definition) is 2. The zero-order valence-corrected chi connectivity index (χ0v) is 13.4. The molecule has 0 radical (unpaired) electrons. The zero-order valence-electron chi connectivity index (χ0n) is 12.6. The van der Waals surface area contributed by atoms with Crippen molar-refractivity contribution in [3.63, 3.8) is 0 Å². The first-order chi connectivity index (χ1) is 10.5.